The molecule has 0 bridgehead atoms. The van der Waals surface area contributed by atoms with E-state index in [-0.39, 0.29) is 0 Å². The third-order valence-electron chi connectivity index (χ3n) is 1.49. The molecule has 1 atom stereocenters. The average Bonchev–Trinajstić information content (AvgIpc) is 2.26. The van der Waals surface area contributed by atoms with E-state index in [0.717, 1.165) is 28.4 Å². The van der Waals surface area contributed by atoms with Gasteiger partial charge in [-0.1, -0.05) is 44.8 Å². The van der Waals surface area contributed by atoms with Crippen LogP contribution in [0.25, 0.3) is 0 Å². The molecule has 0 aliphatic rings. The van der Waals surface area contributed by atoms with Gasteiger partial charge in [0.25, 0.3) is 0 Å². The summed E-state index contributed by atoms with van der Waals surface area (Å²) >= 11 is 20.7. The summed E-state index contributed by atoms with van der Waals surface area (Å²) in [6, 6.07) is 0. The first-order valence-electron chi connectivity index (χ1n) is 5.02. The largest absolute Gasteiger partial charge is 0.251 e. The van der Waals surface area contributed by atoms with Crippen LogP contribution in [0.5, 0.6) is 0 Å². The van der Waals surface area contributed by atoms with Gasteiger partial charge in [-0.15, -0.1) is 23.6 Å². The Labute approximate surface area is 128 Å². The summed E-state index contributed by atoms with van der Waals surface area (Å²) in [6.07, 6.45) is 0.973. The number of hydrogen-bond acceptors (Lipinski definition) is 5. The zero-order valence-electron chi connectivity index (χ0n) is 9.71. The Morgan fingerprint density at radius 3 is 2.12 bits per heavy atom. The van der Waals surface area contributed by atoms with Crippen molar-refractivity contribution < 1.29 is 0 Å². The second kappa shape index (κ2) is 9.82. The number of thiol groups is 1. The first-order valence-corrected chi connectivity index (χ1v) is 13.0. The molecule has 0 amide bonds. The van der Waals surface area contributed by atoms with Crippen LogP contribution in [0.3, 0.4) is 0 Å². The van der Waals surface area contributed by atoms with E-state index in [1.165, 1.54) is 0 Å². The molecule has 0 aromatic rings. The maximum atomic E-state index is 5.43. The maximum Gasteiger partial charge on any atom is 0.110 e. The van der Waals surface area contributed by atoms with Gasteiger partial charge in [0.05, 0.1) is 10.2 Å². The molecule has 0 saturated carbocycles. The van der Waals surface area contributed by atoms with Crippen molar-refractivity contribution in [3.05, 3.63) is 0 Å². The van der Waals surface area contributed by atoms with E-state index in [9.17, 15) is 0 Å². The molecule has 0 aliphatic carbocycles. The molecule has 0 N–H and O–H groups in total. The van der Waals surface area contributed by atoms with E-state index in [2.05, 4.69) is 36.7 Å². The fourth-order valence-corrected chi connectivity index (χ4v) is 6.59. The van der Waals surface area contributed by atoms with Crippen molar-refractivity contribution >= 4 is 81.0 Å². The number of hydrogen-bond donors (Lipinski definition) is 1. The standard InChI is InChI=1S/C8H18NPS6/c1-4-10(12,13)16-7-8(11)9(14-5-2)15-6-3/h4-7H2,1-3H3,(H,12,13). The average molecular weight is 352 g/mol. The van der Waals surface area contributed by atoms with E-state index in [0.29, 0.717) is 0 Å². The molecule has 0 heterocycles. The van der Waals surface area contributed by atoms with Crippen molar-refractivity contribution in [1.29, 1.82) is 0 Å². The van der Waals surface area contributed by atoms with Crippen molar-refractivity contribution in [2.75, 3.05) is 23.4 Å². The maximum absolute atomic E-state index is 5.43. The van der Waals surface area contributed by atoms with Crippen LogP contribution in [-0.4, -0.2) is 32.1 Å². The van der Waals surface area contributed by atoms with Crippen molar-refractivity contribution in [3.63, 3.8) is 0 Å². The van der Waals surface area contributed by atoms with Crippen LogP contribution in [0, 0.1) is 0 Å². The molecule has 1 nitrogen and oxygen atoms in total. The minimum Gasteiger partial charge on any atom is -0.251 e. The van der Waals surface area contributed by atoms with Crippen molar-refractivity contribution in [2.24, 2.45) is 0 Å². The van der Waals surface area contributed by atoms with Crippen LogP contribution >= 0.6 is 64.2 Å². The molecule has 0 aromatic heterocycles. The highest BCUT2D eigenvalue weighted by Crippen LogP contribution is 2.62. The summed E-state index contributed by atoms with van der Waals surface area (Å²) in [5.41, 5.74) is 0. The molecule has 0 aliphatic heterocycles. The summed E-state index contributed by atoms with van der Waals surface area (Å²) in [5, 5.41) is 0. The van der Waals surface area contributed by atoms with Crippen LogP contribution in [-0.2, 0) is 11.8 Å². The molecule has 0 saturated heterocycles. The van der Waals surface area contributed by atoms with Gasteiger partial charge in [0, 0.05) is 11.5 Å². The predicted octanol–water partition coefficient (Wildman–Crippen LogP) is 4.94. The highest BCUT2D eigenvalue weighted by Gasteiger charge is 2.14. The van der Waals surface area contributed by atoms with Gasteiger partial charge in [-0.25, -0.2) is 0 Å². The molecule has 0 fully saturated rings. The Morgan fingerprint density at radius 1 is 1.25 bits per heavy atom. The number of thiocarbonyl (C=S) groups is 1. The first kappa shape index (κ1) is 17.9. The summed E-state index contributed by atoms with van der Waals surface area (Å²) in [4.78, 5) is 0.973. The van der Waals surface area contributed by atoms with E-state index in [1.54, 1.807) is 35.3 Å². The van der Waals surface area contributed by atoms with Crippen LogP contribution in [0.4, 0.5) is 0 Å². The fraction of sp³-hybridized carbons (Fsp3) is 0.875. The Morgan fingerprint density at radius 2 is 1.75 bits per heavy atom. The summed E-state index contributed by atoms with van der Waals surface area (Å²) in [6.45, 7) is 6.38. The van der Waals surface area contributed by atoms with Gasteiger partial charge in [-0.2, -0.15) is 0 Å². The molecule has 16 heavy (non-hydrogen) atoms. The Hall–Kier alpha value is 1.94. The molecular weight excluding hydrogens is 333 g/mol. The third kappa shape index (κ3) is 8.11. The minimum absolute atomic E-state index is 0.823. The molecule has 1 unspecified atom stereocenters. The van der Waals surface area contributed by atoms with E-state index < -0.39 is 4.44 Å². The second-order valence-electron chi connectivity index (χ2n) is 2.71. The molecule has 0 radical (unpaired) electrons. The molecule has 0 aromatic carbocycles. The smallest absolute Gasteiger partial charge is 0.110 e. The Balaban J connectivity index is 4.15. The Bertz CT molecular complexity index is 253. The van der Waals surface area contributed by atoms with Crippen molar-refractivity contribution in [1.82, 2.24) is 3.71 Å². The zero-order chi connectivity index (χ0) is 12.6. The highest BCUT2D eigenvalue weighted by atomic mass is 33.2. The lowest BCUT2D eigenvalue weighted by Gasteiger charge is -2.22. The lowest BCUT2D eigenvalue weighted by atomic mass is 10.8. The van der Waals surface area contributed by atoms with Gasteiger partial charge in [-0.05, 0) is 30.1 Å². The first-order chi connectivity index (χ1) is 7.46. The van der Waals surface area contributed by atoms with E-state index in [1.807, 2.05) is 0 Å². The van der Waals surface area contributed by atoms with Gasteiger partial charge in [0.2, 0.25) is 0 Å². The molecule has 0 spiro atoms. The molecular formula is C8H18NPS6. The van der Waals surface area contributed by atoms with Gasteiger partial charge in [0.15, 0.2) is 0 Å². The Kier molecular flexibility index (Phi) is 11.0. The van der Waals surface area contributed by atoms with Crippen LogP contribution < -0.4 is 0 Å². The quantitative estimate of drug-likeness (QED) is 0.283. The highest BCUT2D eigenvalue weighted by molar-refractivity contribution is 8.96. The lowest BCUT2D eigenvalue weighted by Crippen LogP contribution is -2.17. The zero-order valence-corrected chi connectivity index (χ0v) is 15.6. The molecule has 8 heteroatoms. The SMILES string of the molecule is CCSN(SCC)C(=S)CSP(=S)(S)CC. The van der Waals surface area contributed by atoms with Gasteiger partial charge in [-0.3, -0.25) is 3.71 Å². The van der Waals surface area contributed by atoms with Crippen LogP contribution in [0.2, 0.25) is 0 Å². The van der Waals surface area contributed by atoms with E-state index >= 15 is 0 Å². The number of rotatable bonds is 8. The summed E-state index contributed by atoms with van der Waals surface area (Å²) < 4.78 is 0.647. The summed E-state index contributed by atoms with van der Waals surface area (Å²) in [5.74, 6) is 2.91. The number of nitrogens with zero attached hydrogens (tertiary/aromatic N) is 1. The van der Waals surface area contributed by atoms with Gasteiger partial charge < -0.3 is 0 Å². The van der Waals surface area contributed by atoms with Crippen molar-refractivity contribution in [2.45, 2.75) is 20.8 Å². The third-order valence-corrected chi connectivity index (χ3v) is 11.9. The van der Waals surface area contributed by atoms with Crippen molar-refractivity contribution in [3.8, 4) is 0 Å². The lowest BCUT2D eigenvalue weighted by molar-refractivity contribution is 1.14. The van der Waals surface area contributed by atoms with Crippen LogP contribution in [0.1, 0.15) is 20.8 Å². The second-order valence-corrected chi connectivity index (χ2v) is 17.2. The monoisotopic (exact) mass is 351 g/mol. The molecule has 0 rings (SSSR count). The summed E-state index contributed by atoms with van der Waals surface area (Å²) in [7, 11) is 0. The van der Waals surface area contributed by atoms with E-state index in [4.69, 9.17) is 24.0 Å². The van der Waals surface area contributed by atoms with Gasteiger partial charge in [0.1, 0.15) is 4.99 Å². The topological polar surface area (TPSA) is 3.24 Å². The van der Waals surface area contributed by atoms with Crippen LogP contribution in [0.15, 0.2) is 0 Å². The normalized spacial score (nSPS) is 14.5. The molecule has 96 valence electrons. The fourth-order valence-electron chi connectivity index (χ4n) is 0.716. The predicted molar refractivity (Wildman–Crippen MR) is 97.0 cm³/mol. The minimum atomic E-state index is -1.49. The van der Waals surface area contributed by atoms with Gasteiger partial charge >= 0.3 is 0 Å².